The Labute approximate surface area is 129 Å². The first-order chi connectivity index (χ1) is 9.47. The second kappa shape index (κ2) is 9.29. The van der Waals surface area contributed by atoms with Gasteiger partial charge >= 0.3 is 0 Å². The molecular weight excluding hydrogens is 270 g/mol. The van der Waals surface area contributed by atoms with Crippen LogP contribution in [0.3, 0.4) is 0 Å². The summed E-state index contributed by atoms with van der Waals surface area (Å²) in [4.78, 5) is 0. The van der Waals surface area contributed by atoms with Crippen molar-refractivity contribution in [3.8, 4) is 0 Å². The number of nitrogens with one attached hydrogen (secondary N) is 1. The van der Waals surface area contributed by atoms with E-state index in [1.165, 1.54) is 25.7 Å². The van der Waals surface area contributed by atoms with Crippen molar-refractivity contribution < 1.29 is 9.84 Å². The van der Waals surface area contributed by atoms with Crippen LogP contribution in [0.2, 0.25) is 0 Å². The highest BCUT2D eigenvalue weighted by molar-refractivity contribution is 8.00. The van der Waals surface area contributed by atoms with E-state index in [2.05, 4.69) is 32.3 Å². The van der Waals surface area contributed by atoms with Gasteiger partial charge in [0.1, 0.15) is 0 Å². The molecule has 1 rings (SSSR count). The normalized spacial score (nSPS) is 21.3. The maximum Gasteiger partial charge on any atom is 0.0897 e. The summed E-state index contributed by atoms with van der Waals surface area (Å²) >= 11 is 1.98. The van der Waals surface area contributed by atoms with Crippen molar-refractivity contribution >= 4 is 11.8 Å². The van der Waals surface area contributed by atoms with Gasteiger partial charge in [-0.15, -0.1) is 0 Å². The number of aliphatic hydroxyl groups excluding tert-OH is 1. The molecule has 2 N–H and O–H groups in total. The first-order valence-electron chi connectivity index (χ1n) is 8.03. The fourth-order valence-corrected chi connectivity index (χ4v) is 3.95. The van der Waals surface area contributed by atoms with Crippen molar-refractivity contribution in [2.24, 2.45) is 5.92 Å². The minimum absolute atomic E-state index is 0.233. The smallest absolute Gasteiger partial charge is 0.0897 e. The van der Waals surface area contributed by atoms with E-state index >= 15 is 0 Å². The second-order valence-corrected chi connectivity index (χ2v) is 7.93. The third kappa shape index (κ3) is 6.79. The Morgan fingerprint density at radius 3 is 2.45 bits per heavy atom. The fraction of sp³-hybridized carbons (Fsp3) is 1.00. The van der Waals surface area contributed by atoms with Crippen molar-refractivity contribution in [3.05, 3.63) is 0 Å². The van der Waals surface area contributed by atoms with Crippen LogP contribution >= 0.6 is 11.8 Å². The Balaban J connectivity index is 2.12. The van der Waals surface area contributed by atoms with Crippen LogP contribution < -0.4 is 5.32 Å². The summed E-state index contributed by atoms with van der Waals surface area (Å²) in [7, 11) is 0. The first-order valence-corrected chi connectivity index (χ1v) is 9.25. The Morgan fingerprint density at radius 1 is 1.25 bits per heavy atom. The van der Waals surface area contributed by atoms with E-state index in [0.29, 0.717) is 23.8 Å². The average Bonchev–Trinajstić information content (AvgIpc) is 2.85. The molecule has 0 aromatic heterocycles. The maximum absolute atomic E-state index is 9.97. The van der Waals surface area contributed by atoms with E-state index in [1.807, 2.05) is 11.8 Å². The van der Waals surface area contributed by atoms with Crippen LogP contribution in [0.1, 0.15) is 52.9 Å². The van der Waals surface area contributed by atoms with Gasteiger partial charge < -0.3 is 15.2 Å². The lowest BCUT2D eigenvalue weighted by atomic mass is 10.1. The molecule has 0 radical (unpaired) electrons. The molecule has 2 unspecified atom stereocenters. The van der Waals surface area contributed by atoms with Gasteiger partial charge in [0, 0.05) is 17.8 Å². The summed E-state index contributed by atoms with van der Waals surface area (Å²) in [6.45, 7) is 8.56. The Morgan fingerprint density at radius 2 is 1.90 bits per heavy atom. The fourth-order valence-electron chi connectivity index (χ4n) is 3.01. The Hall–Kier alpha value is 0.230. The summed E-state index contributed by atoms with van der Waals surface area (Å²) < 4.78 is 6.10. The van der Waals surface area contributed by atoms with Gasteiger partial charge in [-0.1, -0.05) is 26.7 Å². The Kier molecular flexibility index (Phi) is 8.49. The van der Waals surface area contributed by atoms with Gasteiger partial charge in [0.2, 0.25) is 0 Å². The zero-order chi connectivity index (χ0) is 15.0. The number of ether oxygens (including phenoxy) is 1. The van der Waals surface area contributed by atoms with Gasteiger partial charge in [-0.25, -0.2) is 0 Å². The number of hydrogen-bond acceptors (Lipinski definition) is 4. The van der Waals surface area contributed by atoms with Gasteiger partial charge in [0.25, 0.3) is 0 Å². The summed E-state index contributed by atoms with van der Waals surface area (Å²) in [5.74, 6) is 0.643. The van der Waals surface area contributed by atoms with Gasteiger partial charge in [-0.3, -0.25) is 0 Å². The quantitative estimate of drug-likeness (QED) is 0.651. The predicted molar refractivity (Wildman–Crippen MR) is 88.5 cm³/mol. The molecule has 1 aliphatic rings. The standard InChI is InChI=1S/C16H33NO2S/c1-13(2)9-14(3)19-11-15(18)10-17-12-16(20-4)7-5-6-8-16/h13-15,17-18H,5-12H2,1-4H3. The number of rotatable bonds is 10. The SMILES string of the molecule is CSC1(CNCC(O)COC(C)CC(C)C)CCCC1. The molecule has 1 aliphatic carbocycles. The van der Waals surface area contributed by atoms with Crippen LogP contribution in [0.4, 0.5) is 0 Å². The molecule has 0 bridgehead atoms. The summed E-state index contributed by atoms with van der Waals surface area (Å²) in [5.41, 5.74) is 0. The lowest BCUT2D eigenvalue weighted by molar-refractivity contribution is -0.00857. The molecule has 0 heterocycles. The largest absolute Gasteiger partial charge is 0.389 e. The minimum atomic E-state index is -0.398. The van der Waals surface area contributed by atoms with Crippen LogP contribution in [0, 0.1) is 5.92 Å². The van der Waals surface area contributed by atoms with E-state index in [4.69, 9.17) is 4.74 Å². The zero-order valence-electron chi connectivity index (χ0n) is 13.7. The molecule has 0 saturated heterocycles. The summed E-state index contributed by atoms with van der Waals surface area (Å²) in [6, 6.07) is 0. The van der Waals surface area contributed by atoms with E-state index in [9.17, 15) is 5.11 Å². The van der Waals surface area contributed by atoms with Gasteiger partial charge in [0.05, 0.1) is 18.8 Å². The molecule has 0 spiro atoms. The minimum Gasteiger partial charge on any atom is -0.389 e. The number of thioether (sulfide) groups is 1. The van der Waals surface area contributed by atoms with Crippen LogP contribution in [-0.2, 0) is 4.74 Å². The molecule has 1 saturated carbocycles. The summed E-state index contributed by atoms with van der Waals surface area (Å²) in [6.07, 6.45) is 8.40. The molecule has 1 fully saturated rings. The van der Waals surface area contributed by atoms with Crippen LogP contribution in [0.15, 0.2) is 0 Å². The number of hydrogen-bond donors (Lipinski definition) is 2. The molecule has 0 aliphatic heterocycles. The van der Waals surface area contributed by atoms with E-state index in [0.717, 1.165) is 13.0 Å². The van der Waals surface area contributed by atoms with Crippen molar-refractivity contribution in [2.45, 2.75) is 69.8 Å². The number of aliphatic hydroxyl groups is 1. The van der Waals surface area contributed by atoms with Crippen molar-refractivity contribution in [3.63, 3.8) is 0 Å². The second-order valence-electron chi connectivity index (χ2n) is 6.65. The highest BCUT2D eigenvalue weighted by Gasteiger charge is 2.32. The molecular formula is C16H33NO2S. The third-order valence-corrected chi connectivity index (χ3v) is 5.57. The zero-order valence-corrected chi connectivity index (χ0v) is 14.5. The molecule has 120 valence electrons. The third-order valence-electron chi connectivity index (χ3n) is 4.15. The van der Waals surface area contributed by atoms with Crippen molar-refractivity contribution in [2.75, 3.05) is 26.0 Å². The lowest BCUT2D eigenvalue weighted by Crippen LogP contribution is -2.40. The first kappa shape index (κ1) is 18.3. The molecule has 0 aromatic carbocycles. The van der Waals surface area contributed by atoms with E-state index in [1.54, 1.807) is 0 Å². The molecule has 0 aromatic rings. The monoisotopic (exact) mass is 303 g/mol. The molecule has 20 heavy (non-hydrogen) atoms. The molecule has 2 atom stereocenters. The summed E-state index contributed by atoms with van der Waals surface area (Å²) in [5, 5.41) is 13.4. The topological polar surface area (TPSA) is 41.5 Å². The predicted octanol–water partition coefficient (Wildman–Crippen LogP) is 3.06. The maximum atomic E-state index is 9.97. The molecule has 0 amide bonds. The van der Waals surface area contributed by atoms with Crippen LogP contribution in [-0.4, -0.2) is 48.0 Å². The van der Waals surface area contributed by atoms with E-state index in [-0.39, 0.29) is 6.10 Å². The van der Waals surface area contributed by atoms with Gasteiger partial charge in [0.15, 0.2) is 0 Å². The highest BCUT2D eigenvalue weighted by atomic mass is 32.2. The van der Waals surface area contributed by atoms with Gasteiger partial charge in [-0.05, 0) is 38.4 Å². The van der Waals surface area contributed by atoms with Crippen molar-refractivity contribution in [1.82, 2.24) is 5.32 Å². The van der Waals surface area contributed by atoms with E-state index < -0.39 is 6.10 Å². The molecule has 4 heteroatoms. The van der Waals surface area contributed by atoms with Crippen molar-refractivity contribution in [1.29, 1.82) is 0 Å². The lowest BCUT2D eigenvalue weighted by Gasteiger charge is -2.27. The molecule has 3 nitrogen and oxygen atoms in total. The van der Waals surface area contributed by atoms with Crippen LogP contribution in [0.5, 0.6) is 0 Å². The van der Waals surface area contributed by atoms with Gasteiger partial charge in [-0.2, -0.15) is 11.8 Å². The highest BCUT2D eigenvalue weighted by Crippen LogP contribution is 2.39. The Bertz CT molecular complexity index is 255. The average molecular weight is 304 g/mol. The van der Waals surface area contributed by atoms with Crippen LogP contribution in [0.25, 0.3) is 0 Å².